The second-order valence-electron chi connectivity index (χ2n) is 11.2. The predicted octanol–water partition coefficient (Wildman–Crippen LogP) is 6.34. The average molecular weight is 654 g/mol. The Balaban J connectivity index is 1.15. The molecule has 0 aromatic heterocycles. The van der Waals surface area contributed by atoms with Crippen molar-refractivity contribution in [3.8, 4) is 11.5 Å². The lowest BCUT2D eigenvalue weighted by Crippen LogP contribution is -2.29. The van der Waals surface area contributed by atoms with Gasteiger partial charge >= 0.3 is 6.09 Å². The van der Waals surface area contributed by atoms with Crippen molar-refractivity contribution in [1.82, 2.24) is 4.90 Å². The lowest BCUT2D eigenvalue weighted by molar-refractivity contribution is 0.0642. The van der Waals surface area contributed by atoms with Crippen LogP contribution in [0.15, 0.2) is 126 Å². The molecule has 5 aromatic rings. The number of benzene rings is 5. The maximum absolute atomic E-state index is 13.6. The number of rotatable bonds is 11. The zero-order valence-corrected chi connectivity index (χ0v) is 26.5. The Bertz CT molecular complexity index is 2020. The molecule has 10 nitrogen and oxygen atoms in total. The van der Waals surface area contributed by atoms with Crippen molar-refractivity contribution < 1.29 is 33.4 Å². The first-order valence-corrected chi connectivity index (χ1v) is 15.3. The number of carbonyl (C=O) groups is 4. The number of hydrogen-bond donors (Lipinski definition) is 1. The van der Waals surface area contributed by atoms with Crippen LogP contribution in [0.4, 0.5) is 4.79 Å². The lowest BCUT2D eigenvalue weighted by atomic mass is 10.00. The van der Waals surface area contributed by atoms with Crippen molar-refractivity contribution in [3.63, 3.8) is 0 Å². The van der Waals surface area contributed by atoms with E-state index in [9.17, 15) is 19.2 Å². The van der Waals surface area contributed by atoms with Crippen LogP contribution in [-0.4, -0.2) is 41.5 Å². The maximum Gasteiger partial charge on any atom is 0.435 e. The molecule has 5 aromatic carbocycles. The highest BCUT2D eigenvalue weighted by atomic mass is 16.5. The first kappa shape index (κ1) is 32.4. The Morgan fingerprint density at radius 1 is 0.694 bits per heavy atom. The van der Waals surface area contributed by atoms with Gasteiger partial charge in [-0.1, -0.05) is 78.9 Å². The number of amidine groups is 1. The van der Waals surface area contributed by atoms with Gasteiger partial charge in [0.1, 0.15) is 30.5 Å². The molecule has 3 amide bonds. The van der Waals surface area contributed by atoms with E-state index < -0.39 is 6.09 Å². The van der Waals surface area contributed by atoms with Gasteiger partial charge in [0.05, 0.1) is 30.3 Å². The summed E-state index contributed by atoms with van der Waals surface area (Å²) in [6.45, 7) is 0.263. The summed E-state index contributed by atoms with van der Waals surface area (Å²) in [5, 5.41) is 0. The van der Waals surface area contributed by atoms with E-state index >= 15 is 0 Å². The number of aliphatic imine (C=N–C) groups is 1. The van der Waals surface area contributed by atoms with Crippen LogP contribution in [0.2, 0.25) is 0 Å². The average Bonchev–Trinajstić information content (AvgIpc) is 3.38. The summed E-state index contributed by atoms with van der Waals surface area (Å²) in [6.07, 6.45) is -0.879. The van der Waals surface area contributed by atoms with Crippen LogP contribution >= 0.6 is 0 Å². The first-order valence-electron chi connectivity index (χ1n) is 15.3. The third-order valence-corrected chi connectivity index (χ3v) is 7.93. The number of imide groups is 1. The zero-order valence-electron chi connectivity index (χ0n) is 26.5. The molecule has 10 heteroatoms. The molecule has 0 atom stereocenters. The summed E-state index contributed by atoms with van der Waals surface area (Å²) in [5.41, 5.74) is 10.3. The highest BCUT2D eigenvalue weighted by Crippen LogP contribution is 2.27. The van der Waals surface area contributed by atoms with Crippen molar-refractivity contribution in [3.05, 3.63) is 166 Å². The van der Waals surface area contributed by atoms with E-state index in [1.54, 1.807) is 92.0 Å². The van der Waals surface area contributed by atoms with Crippen LogP contribution in [0, 0.1) is 0 Å². The van der Waals surface area contributed by atoms with E-state index in [-0.39, 0.29) is 48.8 Å². The van der Waals surface area contributed by atoms with Crippen LogP contribution in [0.3, 0.4) is 0 Å². The Labute approximate surface area is 282 Å². The minimum Gasteiger partial charge on any atom is -0.497 e. The first-order chi connectivity index (χ1) is 23.8. The summed E-state index contributed by atoms with van der Waals surface area (Å²) in [4.78, 5) is 56.7. The maximum atomic E-state index is 13.6. The number of hydrogen-bond acceptors (Lipinski definition) is 7. The molecule has 244 valence electrons. The molecule has 0 radical (unpaired) electrons. The molecule has 0 saturated carbocycles. The number of nitrogens with two attached hydrogens (primary N) is 1. The molecule has 1 aliphatic heterocycles. The second kappa shape index (κ2) is 14.5. The number of methoxy groups -OCH3 is 1. The van der Waals surface area contributed by atoms with E-state index in [0.29, 0.717) is 33.8 Å². The molecule has 1 aliphatic rings. The van der Waals surface area contributed by atoms with E-state index in [1.807, 2.05) is 30.3 Å². The van der Waals surface area contributed by atoms with Gasteiger partial charge in [0.25, 0.3) is 11.8 Å². The second-order valence-corrected chi connectivity index (χ2v) is 11.2. The van der Waals surface area contributed by atoms with Gasteiger partial charge in [0, 0.05) is 11.1 Å². The molecule has 0 bridgehead atoms. The third kappa shape index (κ3) is 7.39. The largest absolute Gasteiger partial charge is 0.497 e. The fourth-order valence-corrected chi connectivity index (χ4v) is 5.27. The molecule has 0 saturated heterocycles. The minimum absolute atomic E-state index is 0.00608. The van der Waals surface area contributed by atoms with Gasteiger partial charge in [-0.2, -0.15) is 4.99 Å². The quantitative estimate of drug-likeness (QED) is 0.0754. The number of fused-ring (bicyclic) bond motifs is 1. The fourth-order valence-electron chi connectivity index (χ4n) is 5.27. The molecule has 0 aliphatic carbocycles. The highest BCUT2D eigenvalue weighted by Gasteiger charge is 2.34. The number of amides is 3. The van der Waals surface area contributed by atoms with E-state index in [4.69, 9.17) is 19.9 Å². The molecule has 0 unspecified atom stereocenters. The summed E-state index contributed by atoms with van der Waals surface area (Å²) >= 11 is 0. The molecule has 1 heterocycles. The minimum atomic E-state index is -0.879. The summed E-state index contributed by atoms with van der Waals surface area (Å²) < 4.78 is 16.5. The van der Waals surface area contributed by atoms with Crippen LogP contribution in [0.1, 0.15) is 58.9 Å². The predicted molar refractivity (Wildman–Crippen MR) is 182 cm³/mol. The lowest BCUT2D eigenvalue weighted by Gasteiger charge is -2.15. The van der Waals surface area contributed by atoms with Gasteiger partial charge in [-0.05, 0) is 59.2 Å². The molecule has 6 rings (SSSR count). The Hall–Kier alpha value is -6.55. The number of carbonyl (C=O) groups excluding carboxylic acids is 4. The topological polar surface area (TPSA) is 138 Å². The Morgan fingerprint density at radius 3 is 1.94 bits per heavy atom. The van der Waals surface area contributed by atoms with Gasteiger partial charge in [-0.3, -0.25) is 19.3 Å². The van der Waals surface area contributed by atoms with Crippen molar-refractivity contribution in [2.75, 3.05) is 7.11 Å². The summed E-state index contributed by atoms with van der Waals surface area (Å²) in [6, 6.07) is 34.6. The number of ether oxygens (including phenoxy) is 3. The number of nitrogens with zero attached hydrogens (tertiary/aromatic N) is 2. The molecular formula is C39H31N3O7. The van der Waals surface area contributed by atoms with Gasteiger partial charge in [0.15, 0.2) is 5.78 Å². The normalized spacial score (nSPS) is 12.4. The van der Waals surface area contributed by atoms with Crippen LogP contribution in [0.25, 0.3) is 0 Å². The fraction of sp³-hybridized carbons (Fsp3) is 0.103. The molecule has 0 fully saturated rings. The molecule has 0 spiro atoms. The van der Waals surface area contributed by atoms with Crippen molar-refractivity contribution in [2.24, 2.45) is 10.7 Å². The molecule has 2 N–H and O–H groups in total. The Kier molecular flexibility index (Phi) is 9.57. The summed E-state index contributed by atoms with van der Waals surface area (Å²) in [5.74, 6) is -0.0690. The van der Waals surface area contributed by atoms with Crippen molar-refractivity contribution >= 4 is 29.5 Å². The standard InChI is InChI=1S/C39H31N3O7/c1-47-30-18-15-27(16-19-30)24-49-39(46)41-36(40)29-17-20-34(33(21-29)35(43)28-7-3-2-4-8-28)48-23-26-13-11-25(12-14-26)22-42-37(44)31-9-5-6-10-32(31)38(42)45/h2-21H,22-24H2,1H3,(H2,40,41,46). The zero-order chi connectivity index (χ0) is 34.3. The third-order valence-electron chi connectivity index (χ3n) is 7.93. The summed E-state index contributed by atoms with van der Waals surface area (Å²) in [7, 11) is 1.56. The van der Waals surface area contributed by atoms with Crippen molar-refractivity contribution in [1.29, 1.82) is 0 Å². The SMILES string of the molecule is COc1ccc(COC(=O)N=C(N)c2ccc(OCc3ccc(CN4C(=O)c5ccccc5C4=O)cc3)c(C(=O)c3ccccc3)c2)cc1. The van der Waals surface area contributed by atoms with E-state index in [1.165, 1.54) is 11.0 Å². The van der Waals surface area contributed by atoms with E-state index in [0.717, 1.165) is 16.7 Å². The van der Waals surface area contributed by atoms with Crippen LogP contribution in [-0.2, 0) is 24.5 Å². The van der Waals surface area contributed by atoms with Gasteiger partial charge in [0.2, 0.25) is 0 Å². The van der Waals surface area contributed by atoms with Gasteiger partial charge < -0.3 is 19.9 Å². The van der Waals surface area contributed by atoms with E-state index in [2.05, 4.69) is 4.99 Å². The highest BCUT2D eigenvalue weighted by molar-refractivity contribution is 6.21. The number of ketones is 1. The Morgan fingerprint density at radius 2 is 1.29 bits per heavy atom. The molecule has 49 heavy (non-hydrogen) atoms. The van der Waals surface area contributed by atoms with Crippen molar-refractivity contribution in [2.45, 2.75) is 19.8 Å². The van der Waals surface area contributed by atoms with Gasteiger partial charge in [-0.15, -0.1) is 0 Å². The monoisotopic (exact) mass is 653 g/mol. The molecular weight excluding hydrogens is 622 g/mol. The van der Waals surface area contributed by atoms with Crippen LogP contribution in [0.5, 0.6) is 11.5 Å². The van der Waals surface area contributed by atoms with Crippen LogP contribution < -0.4 is 15.2 Å². The van der Waals surface area contributed by atoms with Gasteiger partial charge in [-0.25, -0.2) is 4.79 Å². The smallest absolute Gasteiger partial charge is 0.435 e.